The van der Waals surface area contributed by atoms with E-state index in [0.717, 1.165) is 5.75 Å². The van der Waals surface area contributed by atoms with Gasteiger partial charge in [-0.2, -0.15) is 11.8 Å². The van der Waals surface area contributed by atoms with E-state index in [2.05, 4.69) is 0 Å². The van der Waals surface area contributed by atoms with Crippen LogP contribution in [-0.2, 0) is 4.79 Å². The molecule has 4 heteroatoms. The maximum Gasteiger partial charge on any atom is 0.304 e. The molecule has 0 fully saturated rings. The number of carboxylic acids is 1. The summed E-state index contributed by atoms with van der Waals surface area (Å²) in [6, 6.07) is 0. The zero-order valence-electron chi connectivity index (χ0n) is 9.33. The van der Waals surface area contributed by atoms with Crippen molar-refractivity contribution in [3.63, 3.8) is 0 Å². The first-order valence-electron chi connectivity index (χ1n) is 4.65. The van der Waals surface area contributed by atoms with Crippen LogP contribution in [0, 0.1) is 5.41 Å². The Morgan fingerprint density at radius 2 is 1.79 bits per heavy atom. The van der Waals surface area contributed by atoms with Crippen molar-refractivity contribution in [3.05, 3.63) is 0 Å². The smallest absolute Gasteiger partial charge is 0.304 e. The summed E-state index contributed by atoms with van der Waals surface area (Å²) in [5.41, 5.74) is -0.138. The van der Waals surface area contributed by atoms with Crippen LogP contribution in [-0.4, -0.2) is 33.3 Å². The number of rotatable bonds is 6. The first kappa shape index (κ1) is 13.8. The Morgan fingerprint density at radius 3 is 2.14 bits per heavy atom. The monoisotopic (exact) mass is 220 g/mol. The first-order chi connectivity index (χ1) is 6.18. The molecule has 0 amide bonds. The molecule has 0 radical (unpaired) electrons. The zero-order valence-corrected chi connectivity index (χ0v) is 10.1. The van der Waals surface area contributed by atoms with E-state index in [1.165, 1.54) is 0 Å². The van der Waals surface area contributed by atoms with Crippen LogP contribution in [0.15, 0.2) is 0 Å². The quantitative estimate of drug-likeness (QED) is 0.718. The van der Waals surface area contributed by atoms with Crippen molar-refractivity contribution in [2.75, 3.05) is 12.4 Å². The average molecular weight is 220 g/mol. The van der Waals surface area contributed by atoms with Gasteiger partial charge < -0.3 is 10.2 Å². The van der Waals surface area contributed by atoms with Crippen molar-refractivity contribution in [1.82, 2.24) is 0 Å². The van der Waals surface area contributed by atoms with Gasteiger partial charge in [0.15, 0.2) is 0 Å². The number of carbonyl (C=O) groups is 1. The summed E-state index contributed by atoms with van der Waals surface area (Å²) in [6.07, 6.45) is 0.152. The Morgan fingerprint density at radius 1 is 1.29 bits per heavy atom. The van der Waals surface area contributed by atoms with Gasteiger partial charge in [-0.1, -0.05) is 27.7 Å². The van der Waals surface area contributed by atoms with Crippen molar-refractivity contribution >= 4 is 17.7 Å². The molecule has 0 saturated carbocycles. The average Bonchev–Trinajstić information content (AvgIpc) is 1.99. The fourth-order valence-corrected chi connectivity index (χ4v) is 1.95. The molecule has 0 aromatic rings. The Balaban J connectivity index is 4.04. The first-order valence-corrected chi connectivity index (χ1v) is 5.64. The minimum Gasteiger partial charge on any atom is -0.481 e. The third-order valence-electron chi connectivity index (χ3n) is 1.86. The van der Waals surface area contributed by atoms with E-state index >= 15 is 0 Å². The van der Waals surface area contributed by atoms with E-state index in [1.807, 2.05) is 27.7 Å². The fourth-order valence-electron chi connectivity index (χ4n) is 0.852. The van der Waals surface area contributed by atoms with Crippen LogP contribution in [0.4, 0.5) is 0 Å². The molecular formula is C10H20O3S. The van der Waals surface area contributed by atoms with Gasteiger partial charge in [-0.05, 0) is 5.41 Å². The van der Waals surface area contributed by atoms with Gasteiger partial charge in [0.25, 0.3) is 0 Å². The molecule has 0 aliphatic heterocycles. The standard InChI is InChI=1S/C10H20O3S/c1-9(2,6-11)7-14-10(3,4)5-8(12)13/h11H,5-7H2,1-4H3,(H,12,13). The van der Waals surface area contributed by atoms with Crippen molar-refractivity contribution in [3.8, 4) is 0 Å². The van der Waals surface area contributed by atoms with Crippen LogP contribution in [0.1, 0.15) is 34.1 Å². The highest BCUT2D eigenvalue weighted by atomic mass is 32.2. The van der Waals surface area contributed by atoms with Crippen LogP contribution in [0.5, 0.6) is 0 Å². The normalized spacial score (nSPS) is 12.9. The number of aliphatic hydroxyl groups excluding tert-OH is 1. The van der Waals surface area contributed by atoms with E-state index < -0.39 is 5.97 Å². The van der Waals surface area contributed by atoms with Gasteiger partial charge in [0.2, 0.25) is 0 Å². The summed E-state index contributed by atoms with van der Waals surface area (Å²) in [5, 5.41) is 17.7. The molecule has 0 unspecified atom stereocenters. The third kappa shape index (κ3) is 6.27. The lowest BCUT2D eigenvalue weighted by Crippen LogP contribution is -2.26. The van der Waals surface area contributed by atoms with Crippen LogP contribution >= 0.6 is 11.8 Å². The van der Waals surface area contributed by atoms with Crippen LogP contribution in [0.3, 0.4) is 0 Å². The molecule has 0 aliphatic carbocycles. The largest absolute Gasteiger partial charge is 0.481 e. The van der Waals surface area contributed by atoms with Gasteiger partial charge in [-0.25, -0.2) is 0 Å². The van der Waals surface area contributed by atoms with Crippen molar-refractivity contribution in [2.45, 2.75) is 38.9 Å². The molecule has 0 aromatic carbocycles. The number of aliphatic carboxylic acids is 1. The van der Waals surface area contributed by atoms with Gasteiger partial charge in [0, 0.05) is 17.1 Å². The van der Waals surface area contributed by atoms with E-state index in [1.54, 1.807) is 11.8 Å². The van der Waals surface area contributed by atoms with E-state index in [0.29, 0.717) is 0 Å². The maximum atomic E-state index is 10.5. The van der Waals surface area contributed by atoms with Gasteiger partial charge in [-0.15, -0.1) is 0 Å². The minimum absolute atomic E-state index is 0.128. The zero-order chi connectivity index (χ0) is 11.4. The molecule has 84 valence electrons. The van der Waals surface area contributed by atoms with Crippen molar-refractivity contribution < 1.29 is 15.0 Å². The molecule has 0 aliphatic rings. The second-order valence-corrected chi connectivity index (χ2v) is 6.62. The van der Waals surface area contributed by atoms with Crippen molar-refractivity contribution in [1.29, 1.82) is 0 Å². The fraction of sp³-hybridized carbons (Fsp3) is 0.900. The molecule has 0 saturated heterocycles. The van der Waals surface area contributed by atoms with Gasteiger partial charge in [0.1, 0.15) is 0 Å². The highest BCUT2D eigenvalue weighted by Gasteiger charge is 2.26. The number of aliphatic hydroxyl groups is 1. The summed E-state index contributed by atoms with van der Waals surface area (Å²) in [5.74, 6) is -0.00615. The third-order valence-corrected chi connectivity index (χ3v) is 3.71. The molecule has 0 spiro atoms. The second-order valence-electron chi connectivity index (χ2n) is 4.94. The topological polar surface area (TPSA) is 57.5 Å². The molecule has 2 N–H and O–H groups in total. The second kappa shape index (κ2) is 5.03. The molecule has 0 aromatic heterocycles. The van der Waals surface area contributed by atoms with Crippen LogP contribution in [0.25, 0.3) is 0 Å². The Bertz CT molecular complexity index is 200. The Labute approximate surface area is 89.9 Å². The minimum atomic E-state index is -0.774. The number of hydrogen-bond acceptors (Lipinski definition) is 3. The van der Waals surface area contributed by atoms with Gasteiger partial charge >= 0.3 is 5.97 Å². The molecule has 0 heterocycles. The van der Waals surface area contributed by atoms with Crippen LogP contribution < -0.4 is 0 Å². The highest BCUT2D eigenvalue weighted by molar-refractivity contribution is 8.00. The number of carboxylic acid groups (broad SMARTS) is 1. The summed E-state index contributed by atoms with van der Waals surface area (Å²) in [4.78, 5) is 10.5. The van der Waals surface area contributed by atoms with Crippen LogP contribution in [0.2, 0.25) is 0 Å². The van der Waals surface area contributed by atoms with Gasteiger partial charge in [-0.3, -0.25) is 4.79 Å². The molecule has 0 bridgehead atoms. The molecular weight excluding hydrogens is 200 g/mol. The maximum absolute atomic E-state index is 10.5. The summed E-state index contributed by atoms with van der Waals surface area (Å²) in [6.45, 7) is 7.90. The van der Waals surface area contributed by atoms with E-state index in [9.17, 15) is 4.79 Å². The molecule has 0 rings (SSSR count). The summed E-state index contributed by atoms with van der Waals surface area (Å²) < 4.78 is -0.266. The van der Waals surface area contributed by atoms with Crippen molar-refractivity contribution in [2.24, 2.45) is 5.41 Å². The summed E-state index contributed by atoms with van der Waals surface area (Å²) >= 11 is 1.60. The van der Waals surface area contributed by atoms with E-state index in [4.69, 9.17) is 10.2 Å². The lowest BCUT2D eigenvalue weighted by atomic mass is 9.98. The molecule has 0 atom stereocenters. The van der Waals surface area contributed by atoms with E-state index in [-0.39, 0.29) is 23.2 Å². The number of hydrogen-bond donors (Lipinski definition) is 2. The Hall–Kier alpha value is -0.220. The Kier molecular flexibility index (Phi) is 4.95. The highest BCUT2D eigenvalue weighted by Crippen LogP contribution is 2.33. The molecule has 3 nitrogen and oxygen atoms in total. The number of thioether (sulfide) groups is 1. The SMILES string of the molecule is CC(C)(CO)CSC(C)(C)CC(=O)O. The lowest BCUT2D eigenvalue weighted by Gasteiger charge is -2.28. The van der Waals surface area contributed by atoms with Gasteiger partial charge in [0.05, 0.1) is 6.42 Å². The summed E-state index contributed by atoms with van der Waals surface area (Å²) in [7, 11) is 0. The predicted octanol–water partition coefficient (Wildman–Crippen LogP) is 1.99. The molecule has 14 heavy (non-hydrogen) atoms. The predicted molar refractivity (Wildman–Crippen MR) is 59.7 cm³/mol. The lowest BCUT2D eigenvalue weighted by molar-refractivity contribution is -0.137.